The van der Waals surface area contributed by atoms with Crippen LogP contribution in [-0.2, 0) is 0 Å². The molecule has 1 amide bonds. The number of carbonyl (C=O) groups excluding carboxylic acids is 1. The fraction of sp³-hybridized carbons (Fsp3) is 0.176. The van der Waals surface area contributed by atoms with E-state index in [1.165, 1.54) is 14.2 Å². The second kappa shape index (κ2) is 9.86. The number of hydrazone groups is 1. The second-order valence-corrected chi connectivity index (χ2v) is 5.91. The third kappa shape index (κ3) is 4.84. The van der Waals surface area contributed by atoms with Gasteiger partial charge in [-0.25, -0.2) is 5.43 Å². The molecule has 16 nitrogen and oxygen atoms in total. The number of hydrogen-bond acceptors (Lipinski definition) is 12. The molecule has 0 spiro atoms. The normalized spacial score (nSPS) is 10.5. The SMILES string of the molecule is COc1cc(C(=O)NN=Cc2cc([N+](=O)[O-])cc([N+](=O)[O-])c2O)c([N+](=O)[O-])c(OC)c1OC. The van der Waals surface area contributed by atoms with Crippen LogP contribution in [0.1, 0.15) is 15.9 Å². The zero-order valence-corrected chi connectivity index (χ0v) is 17.1. The smallest absolute Gasteiger partial charge is 0.327 e. The molecule has 0 bridgehead atoms. The van der Waals surface area contributed by atoms with Crippen molar-refractivity contribution in [3.05, 3.63) is 59.7 Å². The summed E-state index contributed by atoms with van der Waals surface area (Å²) in [6.07, 6.45) is 0.692. The average Bonchev–Trinajstić information content (AvgIpc) is 2.77. The lowest BCUT2D eigenvalue weighted by molar-refractivity contribution is -0.394. The number of phenols is 1. The zero-order chi connectivity index (χ0) is 24.9. The number of ether oxygens (including phenoxy) is 3. The minimum Gasteiger partial charge on any atom is -0.502 e. The van der Waals surface area contributed by atoms with Crippen LogP contribution in [0.15, 0.2) is 23.3 Å². The van der Waals surface area contributed by atoms with E-state index < -0.39 is 60.4 Å². The first-order valence-electron chi connectivity index (χ1n) is 8.53. The van der Waals surface area contributed by atoms with Crippen molar-refractivity contribution in [2.24, 2.45) is 5.10 Å². The first kappa shape index (κ1) is 24.3. The van der Waals surface area contributed by atoms with E-state index in [1.807, 2.05) is 5.43 Å². The van der Waals surface area contributed by atoms with E-state index in [0.29, 0.717) is 12.3 Å². The molecule has 33 heavy (non-hydrogen) atoms. The molecule has 0 aliphatic rings. The molecule has 0 saturated carbocycles. The summed E-state index contributed by atoms with van der Waals surface area (Å²) in [5.74, 6) is -2.68. The highest BCUT2D eigenvalue weighted by Crippen LogP contribution is 2.46. The Morgan fingerprint density at radius 1 is 0.970 bits per heavy atom. The highest BCUT2D eigenvalue weighted by atomic mass is 16.6. The van der Waals surface area contributed by atoms with Crippen molar-refractivity contribution in [1.29, 1.82) is 0 Å². The Bertz CT molecular complexity index is 1180. The summed E-state index contributed by atoms with van der Waals surface area (Å²) in [4.78, 5) is 43.2. The second-order valence-electron chi connectivity index (χ2n) is 5.91. The predicted molar refractivity (Wildman–Crippen MR) is 109 cm³/mol. The number of aromatic hydroxyl groups is 1. The van der Waals surface area contributed by atoms with Crippen molar-refractivity contribution in [2.45, 2.75) is 0 Å². The van der Waals surface area contributed by atoms with Gasteiger partial charge in [-0.05, 0) is 0 Å². The Morgan fingerprint density at radius 2 is 1.61 bits per heavy atom. The summed E-state index contributed by atoms with van der Waals surface area (Å²) in [5, 5.41) is 47.0. The maximum atomic E-state index is 12.6. The van der Waals surface area contributed by atoms with Gasteiger partial charge in [0.2, 0.25) is 17.2 Å². The van der Waals surface area contributed by atoms with E-state index in [1.54, 1.807) is 0 Å². The van der Waals surface area contributed by atoms with E-state index in [4.69, 9.17) is 14.2 Å². The van der Waals surface area contributed by atoms with Crippen LogP contribution >= 0.6 is 0 Å². The summed E-state index contributed by atoms with van der Waals surface area (Å²) < 4.78 is 15.1. The van der Waals surface area contributed by atoms with Crippen molar-refractivity contribution < 1.29 is 38.9 Å². The summed E-state index contributed by atoms with van der Waals surface area (Å²) in [5.41, 5.74) is -1.52. The zero-order valence-electron chi connectivity index (χ0n) is 17.1. The lowest BCUT2D eigenvalue weighted by Gasteiger charge is -2.14. The number of nitro groups is 3. The predicted octanol–water partition coefficient (Wildman–Crippen LogP) is 1.91. The van der Waals surface area contributed by atoms with E-state index in [-0.39, 0.29) is 11.5 Å². The molecule has 0 radical (unpaired) electrons. The van der Waals surface area contributed by atoms with Gasteiger partial charge in [0, 0.05) is 12.1 Å². The Balaban J connectivity index is 2.49. The maximum absolute atomic E-state index is 12.6. The molecule has 0 heterocycles. The van der Waals surface area contributed by atoms with Crippen molar-refractivity contribution in [1.82, 2.24) is 5.43 Å². The van der Waals surface area contributed by atoms with Gasteiger partial charge >= 0.3 is 11.4 Å². The van der Waals surface area contributed by atoms with E-state index in [9.17, 15) is 40.2 Å². The first-order valence-corrected chi connectivity index (χ1v) is 8.53. The van der Waals surface area contributed by atoms with Crippen LogP contribution in [0.3, 0.4) is 0 Å². The van der Waals surface area contributed by atoms with Crippen LogP contribution < -0.4 is 19.6 Å². The van der Waals surface area contributed by atoms with Crippen molar-refractivity contribution in [3.63, 3.8) is 0 Å². The number of nitrogens with one attached hydrogen (secondary N) is 1. The number of hydrogen-bond donors (Lipinski definition) is 2. The number of amides is 1. The number of non-ortho nitro benzene ring substituents is 1. The summed E-state index contributed by atoms with van der Waals surface area (Å²) in [6.45, 7) is 0. The monoisotopic (exact) mass is 465 g/mol. The van der Waals surface area contributed by atoms with Crippen LogP contribution in [0.2, 0.25) is 0 Å². The van der Waals surface area contributed by atoms with Crippen LogP contribution in [0.25, 0.3) is 0 Å². The average molecular weight is 465 g/mol. The largest absolute Gasteiger partial charge is 0.502 e. The Labute approximate surface area is 183 Å². The van der Waals surface area contributed by atoms with Gasteiger partial charge in [-0.15, -0.1) is 0 Å². The van der Waals surface area contributed by atoms with Crippen LogP contribution in [0.4, 0.5) is 17.1 Å². The molecule has 0 unspecified atom stereocenters. The van der Waals surface area contributed by atoms with Crippen molar-refractivity contribution in [2.75, 3.05) is 21.3 Å². The quantitative estimate of drug-likeness (QED) is 0.309. The molecule has 16 heteroatoms. The summed E-state index contributed by atoms with van der Waals surface area (Å²) in [7, 11) is 3.54. The minimum absolute atomic E-state index is 0.0685. The third-order valence-corrected chi connectivity index (χ3v) is 4.11. The van der Waals surface area contributed by atoms with E-state index >= 15 is 0 Å². The van der Waals surface area contributed by atoms with Crippen molar-refractivity contribution in [3.8, 4) is 23.0 Å². The number of benzene rings is 2. The van der Waals surface area contributed by atoms with E-state index in [2.05, 4.69) is 5.10 Å². The van der Waals surface area contributed by atoms with Gasteiger partial charge in [-0.3, -0.25) is 35.1 Å². The molecule has 0 saturated heterocycles. The molecular weight excluding hydrogens is 450 g/mol. The molecule has 2 N–H and O–H groups in total. The summed E-state index contributed by atoms with van der Waals surface area (Å²) in [6, 6.07) is 2.32. The molecule has 0 atom stereocenters. The molecule has 2 aromatic carbocycles. The van der Waals surface area contributed by atoms with Gasteiger partial charge in [0.05, 0.1) is 53.9 Å². The van der Waals surface area contributed by atoms with Gasteiger partial charge in [0.25, 0.3) is 11.6 Å². The van der Waals surface area contributed by atoms with Crippen molar-refractivity contribution >= 4 is 29.2 Å². The number of carbonyl (C=O) groups is 1. The molecule has 0 aromatic heterocycles. The first-order chi connectivity index (χ1) is 15.6. The van der Waals surface area contributed by atoms with Gasteiger partial charge in [0.15, 0.2) is 5.75 Å². The number of phenolic OH excluding ortho intramolecular Hbond substituents is 1. The lowest BCUT2D eigenvalue weighted by Crippen LogP contribution is -2.20. The highest BCUT2D eigenvalue weighted by molar-refractivity contribution is 6.01. The molecular formula is C17H15N5O11. The Hall–Kier alpha value is -5.02. The standard InChI is InChI=1S/C17H15N5O11/c1-31-12-6-10(13(22(29)30)16(33-3)15(12)32-2)17(24)19-18-7-8-4-9(20(25)26)5-11(14(8)23)21(27)28/h4-7,23H,1-3H3,(H,19,24). The number of nitro benzene ring substituents is 3. The summed E-state index contributed by atoms with van der Waals surface area (Å²) >= 11 is 0. The number of nitrogens with zero attached hydrogens (tertiary/aromatic N) is 4. The van der Waals surface area contributed by atoms with Crippen LogP contribution in [0.5, 0.6) is 23.0 Å². The maximum Gasteiger partial charge on any atom is 0.327 e. The highest BCUT2D eigenvalue weighted by Gasteiger charge is 2.32. The molecule has 2 aromatic rings. The molecule has 0 aliphatic heterocycles. The molecule has 0 fully saturated rings. The number of methoxy groups -OCH3 is 3. The van der Waals surface area contributed by atoms with Gasteiger partial charge in [-0.1, -0.05) is 0 Å². The minimum atomic E-state index is -1.13. The third-order valence-electron chi connectivity index (χ3n) is 4.11. The topological polar surface area (TPSA) is 219 Å². The number of rotatable bonds is 9. The lowest BCUT2D eigenvalue weighted by atomic mass is 10.1. The van der Waals surface area contributed by atoms with Gasteiger partial charge in [-0.2, -0.15) is 5.10 Å². The fourth-order valence-corrected chi connectivity index (χ4v) is 2.68. The Kier molecular flexibility index (Phi) is 7.24. The fourth-order valence-electron chi connectivity index (χ4n) is 2.68. The Morgan fingerprint density at radius 3 is 2.09 bits per heavy atom. The molecule has 2 rings (SSSR count). The van der Waals surface area contributed by atoms with Crippen LogP contribution in [0, 0.1) is 30.3 Å². The van der Waals surface area contributed by atoms with E-state index in [0.717, 1.165) is 19.2 Å². The van der Waals surface area contributed by atoms with Gasteiger partial charge in [0.1, 0.15) is 5.56 Å². The van der Waals surface area contributed by atoms with Gasteiger partial charge < -0.3 is 19.3 Å². The molecule has 174 valence electrons. The van der Waals surface area contributed by atoms with Crippen LogP contribution in [-0.4, -0.2) is 53.3 Å². The molecule has 0 aliphatic carbocycles.